The highest BCUT2D eigenvalue weighted by Gasteiger charge is 2.06. The van der Waals surface area contributed by atoms with E-state index in [0.29, 0.717) is 5.69 Å². The molecule has 6 nitrogen and oxygen atoms in total. The lowest BCUT2D eigenvalue weighted by Gasteiger charge is -2.02. The molecule has 0 aliphatic carbocycles. The monoisotopic (exact) mass is 284 g/mol. The van der Waals surface area contributed by atoms with Gasteiger partial charge in [-0.3, -0.25) is 9.89 Å². The van der Waals surface area contributed by atoms with Gasteiger partial charge in [0.05, 0.1) is 7.11 Å². The SMILES string of the molecule is COc1ccccc1C=CC=NNC(=O)c1cc(C)[nH]n1. The van der Waals surface area contributed by atoms with E-state index in [4.69, 9.17) is 4.74 Å². The average molecular weight is 284 g/mol. The van der Waals surface area contributed by atoms with Crippen LogP contribution >= 0.6 is 0 Å². The van der Waals surface area contributed by atoms with Crippen molar-refractivity contribution in [3.63, 3.8) is 0 Å². The van der Waals surface area contributed by atoms with Crippen LogP contribution in [0.15, 0.2) is 41.5 Å². The highest BCUT2D eigenvalue weighted by Crippen LogP contribution is 2.18. The number of ether oxygens (including phenoxy) is 1. The molecule has 1 aromatic carbocycles. The number of hydrazone groups is 1. The minimum atomic E-state index is -0.360. The Balaban J connectivity index is 1.90. The van der Waals surface area contributed by atoms with Crippen molar-refractivity contribution in [2.24, 2.45) is 5.10 Å². The first-order valence-corrected chi connectivity index (χ1v) is 6.36. The molecule has 108 valence electrons. The zero-order chi connectivity index (χ0) is 15.1. The highest BCUT2D eigenvalue weighted by molar-refractivity contribution is 5.93. The molecule has 0 aliphatic rings. The number of hydrogen-bond acceptors (Lipinski definition) is 4. The molecule has 2 N–H and O–H groups in total. The van der Waals surface area contributed by atoms with Gasteiger partial charge in [0.1, 0.15) is 5.75 Å². The number of nitrogens with one attached hydrogen (secondary N) is 2. The molecule has 0 bridgehead atoms. The van der Waals surface area contributed by atoms with E-state index in [2.05, 4.69) is 20.7 Å². The summed E-state index contributed by atoms with van der Waals surface area (Å²) in [7, 11) is 1.62. The molecule has 0 spiro atoms. The number of allylic oxidation sites excluding steroid dienone is 1. The molecule has 0 unspecified atom stereocenters. The second kappa shape index (κ2) is 7.04. The predicted octanol–water partition coefficient (Wildman–Crippen LogP) is 2.16. The number of methoxy groups -OCH3 is 1. The van der Waals surface area contributed by atoms with Gasteiger partial charge < -0.3 is 4.74 Å². The maximum Gasteiger partial charge on any atom is 0.291 e. The Labute approximate surface area is 122 Å². The second-order valence-corrected chi connectivity index (χ2v) is 4.26. The van der Waals surface area contributed by atoms with Gasteiger partial charge in [-0.15, -0.1) is 0 Å². The molecule has 1 aromatic heterocycles. The standard InChI is InChI=1S/C15H16N4O2/c1-11-10-13(18-17-11)15(20)19-16-9-5-7-12-6-3-4-8-14(12)21-2/h3-10H,1-2H3,(H,17,18)(H,19,20). The fourth-order valence-corrected chi connectivity index (χ4v) is 1.68. The number of carbonyl (C=O) groups excluding carboxylic acids is 1. The fraction of sp³-hybridized carbons (Fsp3) is 0.133. The third kappa shape index (κ3) is 4.04. The van der Waals surface area contributed by atoms with Gasteiger partial charge in [-0.05, 0) is 31.2 Å². The number of para-hydroxylation sites is 1. The zero-order valence-corrected chi connectivity index (χ0v) is 11.8. The molecule has 6 heteroatoms. The van der Waals surface area contributed by atoms with E-state index in [1.807, 2.05) is 37.3 Å². The number of amides is 1. The molecule has 0 saturated carbocycles. The molecular formula is C15H16N4O2. The highest BCUT2D eigenvalue weighted by atomic mass is 16.5. The van der Waals surface area contributed by atoms with E-state index < -0.39 is 0 Å². The molecule has 0 radical (unpaired) electrons. The van der Waals surface area contributed by atoms with Crippen LogP contribution in [-0.4, -0.2) is 29.4 Å². The van der Waals surface area contributed by atoms with Gasteiger partial charge in [0.15, 0.2) is 5.69 Å². The number of carbonyl (C=O) groups is 1. The van der Waals surface area contributed by atoms with Crippen molar-refractivity contribution in [3.8, 4) is 5.75 Å². The molecule has 0 aliphatic heterocycles. The van der Waals surface area contributed by atoms with E-state index in [1.54, 1.807) is 19.3 Å². The van der Waals surface area contributed by atoms with Crippen LogP contribution in [0.5, 0.6) is 5.75 Å². The number of hydrogen-bond donors (Lipinski definition) is 2. The lowest BCUT2D eigenvalue weighted by Crippen LogP contribution is -2.17. The molecule has 2 aromatic rings. The average Bonchev–Trinajstić information content (AvgIpc) is 2.94. The van der Waals surface area contributed by atoms with Crippen LogP contribution in [0.3, 0.4) is 0 Å². The van der Waals surface area contributed by atoms with E-state index in [-0.39, 0.29) is 5.91 Å². The Morgan fingerprint density at radius 2 is 2.24 bits per heavy atom. The normalized spacial score (nSPS) is 11.1. The molecule has 0 atom stereocenters. The molecule has 1 heterocycles. The van der Waals surface area contributed by atoms with Crippen molar-refractivity contribution < 1.29 is 9.53 Å². The van der Waals surface area contributed by atoms with Crippen molar-refractivity contribution in [2.45, 2.75) is 6.92 Å². The van der Waals surface area contributed by atoms with Gasteiger partial charge in [0.25, 0.3) is 5.91 Å². The smallest absolute Gasteiger partial charge is 0.291 e. The number of benzene rings is 1. The molecule has 2 rings (SSSR count). The van der Waals surface area contributed by atoms with E-state index >= 15 is 0 Å². The maximum absolute atomic E-state index is 11.6. The van der Waals surface area contributed by atoms with Crippen LogP contribution in [-0.2, 0) is 0 Å². The van der Waals surface area contributed by atoms with Crippen LogP contribution in [0.4, 0.5) is 0 Å². The van der Waals surface area contributed by atoms with Crippen molar-refractivity contribution in [1.82, 2.24) is 15.6 Å². The minimum absolute atomic E-state index is 0.304. The van der Waals surface area contributed by atoms with Crippen LogP contribution < -0.4 is 10.2 Å². The third-order valence-electron chi connectivity index (χ3n) is 2.68. The number of rotatable bonds is 5. The van der Waals surface area contributed by atoms with Gasteiger partial charge in [-0.1, -0.05) is 18.2 Å². The first-order valence-electron chi connectivity index (χ1n) is 6.36. The topological polar surface area (TPSA) is 79.4 Å². The van der Waals surface area contributed by atoms with Gasteiger partial charge in [-0.25, -0.2) is 5.43 Å². The zero-order valence-electron chi connectivity index (χ0n) is 11.8. The van der Waals surface area contributed by atoms with Crippen molar-refractivity contribution in [3.05, 3.63) is 53.4 Å². The van der Waals surface area contributed by atoms with Gasteiger partial charge in [-0.2, -0.15) is 10.2 Å². The number of aromatic nitrogens is 2. The summed E-state index contributed by atoms with van der Waals surface area (Å²) in [4.78, 5) is 11.6. The van der Waals surface area contributed by atoms with E-state index in [0.717, 1.165) is 17.0 Å². The summed E-state index contributed by atoms with van der Waals surface area (Å²) in [6.07, 6.45) is 5.05. The summed E-state index contributed by atoms with van der Waals surface area (Å²) >= 11 is 0. The first-order chi connectivity index (χ1) is 10.2. The number of aryl methyl sites for hydroxylation is 1. The summed E-state index contributed by atoms with van der Waals surface area (Å²) < 4.78 is 5.22. The second-order valence-electron chi connectivity index (χ2n) is 4.26. The Kier molecular flexibility index (Phi) is 4.87. The van der Waals surface area contributed by atoms with Gasteiger partial charge in [0, 0.05) is 17.5 Å². The lowest BCUT2D eigenvalue weighted by molar-refractivity contribution is 0.0950. The molecule has 21 heavy (non-hydrogen) atoms. The Morgan fingerprint density at radius 3 is 2.95 bits per heavy atom. The largest absolute Gasteiger partial charge is 0.496 e. The summed E-state index contributed by atoms with van der Waals surface area (Å²) in [5.41, 5.74) is 4.45. The van der Waals surface area contributed by atoms with E-state index in [9.17, 15) is 4.79 Å². The quantitative estimate of drug-likeness (QED) is 0.652. The summed E-state index contributed by atoms with van der Waals surface area (Å²) in [5.74, 6) is 0.416. The van der Waals surface area contributed by atoms with Gasteiger partial charge >= 0.3 is 0 Å². The summed E-state index contributed by atoms with van der Waals surface area (Å²) in [6, 6.07) is 9.26. The first kappa shape index (κ1) is 14.5. The lowest BCUT2D eigenvalue weighted by atomic mass is 10.2. The van der Waals surface area contributed by atoms with Crippen molar-refractivity contribution >= 4 is 18.2 Å². The van der Waals surface area contributed by atoms with Crippen LogP contribution in [0.25, 0.3) is 6.08 Å². The van der Waals surface area contributed by atoms with Gasteiger partial charge in [0.2, 0.25) is 0 Å². The Bertz CT molecular complexity index is 674. The third-order valence-corrected chi connectivity index (χ3v) is 2.68. The Hall–Kier alpha value is -2.89. The molecule has 1 amide bonds. The van der Waals surface area contributed by atoms with E-state index in [1.165, 1.54) is 6.21 Å². The number of H-pyrrole nitrogens is 1. The number of nitrogens with zero attached hydrogens (tertiary/aromatic N) is 2. The van der Waals surface area contributed by atoms with Crippen LogP contribution in [0.2, 0.25) is 0 Å². The van der Waals surface area contributed by atoms with Crippen LogP contribution in [0, 0.1) is 6.92 Å². The van der Waals surface area contributed by atoms with Crippen LogP contribution in [0.1, 0.15) is 21.7 Å². The summed E-state index contributed by atoms with van der Waals surface area (Å²) in [6.45, 7) is 1.82. The maximum atomic E-state index is 11.6. The summed E-state index contributed by atoms with van der Waals surface area (Å²) in [5, 5.41) is 10.4. The van der Waals surface area contributed by atoms with Crippen molar-refractivity contribution in [2.75, 3.05) is 7.11 Å². The minimum Gasteiger partial charge on any atom is -0.496 e. The molecular weight excluding hydrogens is 268 g/mol. The Morgan fingerprint density at radius 1 is 1.43 bits per heavy atom. The fourth-order valence-electron chi connectivity index (χ4n) is 1.68. The predicted molar refractivity (Wildman–Crippen MR) is 81.3 cm³/mol. The van der Waals surface area contributed by atoms with Crippen molar-refractivity contribution in [1.29, 1.82) is 0 Å². The molecule has 0 fully saturated rings. The molecule has 0 saturated heterocycles. The number of aromatic amines is 1.